The van der Waals surface area contributed by atoms with Crippen LogP contribution in [0.2, 0.25) is 0 Å². The van der Waals surface area contributed by atoms with E-state index in [4.69, 9.17) is 5.73 Å². The summed E-state index contributed by atoms with van der Waals surface area (Å²) in [6, 6.07) is 14.7. The minimum atomic E-state index is -1.94. The van der Waals surface area contributed by atoms with Gasteiger partial charge in [0.1, 0.15) is 0 Å². The van der Waals surface area contributed by atoms with Gasteiger partial charge in [0.2, 0.25) is 11.4 Å². The summed E-state index contributed by atoms with van der Waals surface area (Å²) >= 11 is 1.52. The van der Waals surface area contributed by atoms with Crippen molar-refractivity contribution in [3.8, 4) is 0 Å². The number of benzene rings is 2. The van der Waals surface area contributed by atoms with Crippen molar-refractivity contribution < 1.29 is 19.5 Å². The number of nitrogens with zero attached hydrogens (tertiary/aromatic N) is 2. The third-order valence-corrected chi connectivity index (χ3v) is 9.43. The second kappa shape index (κ2) is 15.1. The molecule has 1 aliphatic heterocycles. The average Bonchev–Trinajstić information content (AvgIpc) is 3.71. The van der Waals surface area contributed by atoms with Crippen LogP contribution in [-0.4, -0.2) is 70.0 Å². The number of rotatable bonds is 18. The molecule has 3 unspecified atom stereocenters. The highest BCUT2D eigenvalue weighted by atomic mass is 32.2. The van der Waals surface area contributed by atoms with Gasteiger partial charge in [-0.05, 0) is 59.1 Å². The molecule has 9 nitrogen and oxygen atoms in total. The number of ketones is 1. The fourth-order valence-electron chi connectivity index (χ4n) is 6.21. The average molecular weight is 610 g/mol. The zero-order valence-electron chi connectivity index (χ0n) is 25.7. The van der Waals surface area contributed by atoms with Gasteiger partial charge >= 0.3 is 5.97 Å². The minimum Gasteiger partial charge on any atom is -0.479 e. The second-order valence-electron chi connectivity index (χ2n) is 12.1. The normalized spacial score (nSPS) is 17.7. The molecule has 3 atom stereocenters. The molecule has 2 aromatic carbocycles. The van der Waals surface area contributed by atoms with Crippen LogP contribution in [0.1, 0.15) is 57.9 Å². The number of hydrogen-bond donors (Lipinski definition) is 4. The summed E-state index contributed by atoms with van der Waals surface area (Å²) in [7, 11) is 0. The Bertz CT molecular complexity index is 1320. The number of fused-ring (bicyclic) bond motifs is 1. The number of nitrogens with one attached hydrogen (secondary N) is 2. The maximum Gasteiger partial charge on any atom is 0.334 e. The van der Waals surface area contributed by atoms with Crippen LogP contribution in [0, 0.1) is 17.8 Å². The number of hydrazine groups is 1. The number of hydrogen-bond acceptors (Lipinski definition) is 8. The Labute approximate surface area is 259 Å². The summed E-state index contributed by atoms with van der Waals surface area (Å²) in [5.41, 5.74) is 8.79. The highest BCUT2D eigenvalue weighted by molar-refractivity contribution is 7.98. The Morgan fingerprint density at radius 2 is 1.95 bits per heavy atom. The van der Waals surface area contributed by atoms with Crippen molar-refractivity contribution in [2.24, 2.45) is 23.5 Å². The predicted molar refractivity (Wildman–Crippen MR) is 173 cm³/mol. The molecule has 4 rings (SSSR count). The number of carbonyl (C=O) groups excluding carboxylic acids is 2. The van der Waals surface area contributed by atoms with Crippen LogP contribution < -0.4 is 16.5 Å². The highest BCUT2D eigenvalue weighted by Gasteiger charge is 2.58. The number of amides is 1. The first-order chi connectivity index (χ1) is 20.7. The van der Waals surface area contributed by atoms with Crippen LogP contribution in [0.5, 0.6) is 0 Å². The fourth-order valence-corrected chi connectivity index (χ4v) is 7.13. The van der Waals surface area contributed by atoms with Crippen LogP contribution in [0.4, 0.5) is 0 Å². The van der Waals surface area contributed by atoms with Gasteiger partial charge in [0.15, 0.2) is 5.78 Å². The Morgan fingerprint density at radius 3 is 2.60 bits per heavy atom. The van der Waals surface area contributed by atoms with E-state index >= 15 is 0 Å². The standard InChI is InChI=1S/C33H47N5O4S/c1-4-5-8-23(2)29(21-43-3)33(32(41)42,30(39)17-34)38(19-24-11-12-24)36-31(40)16-28-20-37(22-35-28)18-25-13-14-26-9-6-7-10-27(26)15-25/h6-7,9-10,13-15,20,23-24,29,35H,4-5,8,11-12,16-19,21-22,34H2,1-3H3,(H,36,40)(H,41,42). The van der Waals surface area contributed by atoms with E-state index in [-0.39, 0.29) is 24.2 Å². The van der Waals surface area contributed by atoms with Gasteiger partial charge in [-0.3, -0.25) is 15.0 Å². The van der Waals surface area contributed by atoms with Crippen LogP contribution in [0.15, 0.2) is 54.4 Å². The molecule has 43 heavy (non-hydrogen) atoms. The predicted octanol–water partition coefficient (Wildman–Crippen LogP) is 4.33. The molecule has 1 fully saturated rings. The van der Waals surface area contributed by atoms with Crippen LogP contribution in [0.3, 0.4) is 0 Å². The summed E-state index contributed by atoms with van der Waals surface area (Å²) in [5.74, 6) is -2.05. The molecule has 10 heteroatoms. The summed E-state index contributed by atoms with van der Waals surface area (Å²) in [6.45, 7) is 5.26. The molecule has 0 bridgehead atoms. The van der Waals surface area contributed by atoms with E-state index in [1.165, 1.54) is 33.1 Å². The van der Waals surface area contributed by atoms with Crippen molar-refractivity contribution in [1.29, 1.82) is 0 Å². The largest absolute Gasteiger partial charge is 0.479 e. The Kier molecular flexibility index (Phi) is 11.5. The monoisotopic (exact) mass is 609 g/mol. The quantitative estimate of drug-likeness (QED) is 0.144. The molecule has 1 saturated carbocycles. The van der Waals surface area contributed by atoms with Crippen molar-refractivity contribution >= 4 is 40.2 Å². The summed E-state index contributed by atoms with van der Waals surface area (Å²) in [5, 5.41) is 18.0. The number of unbranched alkanes of at least 4 members (excludes halogenated alkanes) is 1. The number of nitrogens with two attached hydrogens (primary N) is 1. The van der Waals surface area contributed by atoms with Gasteiger partial charge in [-0.25, -0.2) is 4.79 Å². The lowest BCUT2D eigenvalue weighted by Gasteiger charge is -2.46. The molecule has 0 spiro atoms. The lowest BCUT2D eigenvalue weighted by molar-refractivity contribution is -0.169. The maximum absolute atomic E-state index is 13.7. The number of Topliss-reactive ketones (excluding diaryl/α,β-unsaturated/α-hetero) is 1. The molecule has 0 aromatic heterocycles. The van der Waals surface area contributed by atoms with Crippen LogP contribution >= 0.6 is 11.8 Å². The first kappa shape index (κ1) is 32.8. The van der Waals surface area contributed by atoms with E-state index in [1.54, 1.807) is 0 Å². The molecule has 2 aliphatic rings. The van der Waals surface area contributed by atoms with Gasteiger partial charge in [0.25, 0.3) is 0 Å². The smallest absolute Gasteiger partial charge is 0.334 e. The fraction of sp³-hybridized carbons (Fsp3) is 0.545. The number of carboxylic acid groups (broad SMARTS) is 1. The van der Waals surface area contributed by atoms with E-state index in [9.17, 15) is 19.5 Å². The molecular weight excluding hydrogens is 562 g/mol. The Hall–Kier alpha value is -3.08. The van der Waals surface area contributed by atoms with Gasteiger partial charge in [-0.2, -0.15) is 16.8 Å². The van der Waals surface area contributed by atoms with Crippen LogP contribution in [-0.2, 0) is 20.9 Å². The van der Waals surface area contributed by atoms with Crippen molar-refractivity contribution in [3.05, 3.63) is 59.9 Å². The Balaban J connectivity index is 1.53. The number of thioether (sulfide) groups is 1. The first-order valence-electron chi connectivity index (χ1n) is 15.4. The maximum atomic E-state index is 13.7. The first-order valence-corrected chi connectivity index (χ1v) is 16.8. The molecule has 1 aliphatic carbocycles. The molecule has 5 N–H and O–H groups in total. The highest BCUT2D eigenvalue weighted by Crippen LogP contribution is 2.39. The third-order valence-electron chi connectivity index (χ3n) is 8.74. The van der Waals surface area contributed by atoms with Crippen molar-refractivity contribution in [2.45, 2.75) is 64.5 Å². The molecule has 1 amide bonds. The Morgan fingerprint density at radius 1 is 1.21 bits per heavy atom. The number of carbonyl (C=O) groups is 3. The van der Waals surface area contributed by atoms with Gasteiger partial charge < -0.3 is 21.1 Å². The summed E-state index contributed by atoms with van der Waals surface area (Å²) in [4.78, 5) is 42.6. The number of carboxylic acids is 1. The van der Waals surface area contributed by atoms with E-state index in [0.717, 1.165) is 37.8 Å². The van der Waals surface area contributed by atoms with E-state index in [0.29, 0.717) is 25.5 Å². The number of aliphatic carboxylic acids is 1. The molecule has 2 aromatic rings. The van der Waals surface area contributed by atoms with Gasteiger partial charge in [-0.1, -0.05) is 69.5 Å². The lowest BCUT2D eigenvalue weighted by atomic mass is 9.72. The second-order valence-corrected chi connectivity index (χ2v) is 13.0. The van der Waals surface area contributed by atoms with Crippen molar-refractivity contribution in [1.82, 2.24) is 20.7 Å². The SMILES string of the molecule is CCCCC(C)C(CSC)C(C(=O)O)(C(=O)CN)N(CC1CC1)NC(=O)CC1=CN(Cc2ccc3ccccc3c2)CN1. The minimum absolute atomic E-state index is 0.0421. The molecular formula is C33H47N5O4S. The third kappa shape index (κ3) is 7.91. The summed E-state index contributed by atoms with van der Waals surface area (Å²) < 4.78 is 0. The molecule has 0 radical (unpaired) electrons. The van der Waals surface area contributed by atoms with Gasteiger partial charge in [0.05, 0.1) is 19.6 Å². The van der Waals surface area contributed by atoms with E-state index < -0.39 is 29.8 Å². The van der Waals surface area contributed by atoms with Crippen molar-refractivity contribution in [3.63, 3.8) is 0 Å². The topological polar surface area (TPSA) is 128 Å². The van der Waals surface area contributed by atoms with Gasteiger partial charge in [0, 0.05) is 30.9 Å². The molecule has 1 heterocycles. The van der Waals surface area contributed by atoms with E-state index in [2.05, 4.69) is 52.9 Å². The molecule has 0 saturated heterocycles. The zero-order chi connectivity index (χ0) is 31.0. The molecule has 234 valence electrons. The van der Waals surface area contributed by atoms with Gasteiger partial charge in [-0.15, -0.1) is 0 Å². The van der Waals surface area contributed by atoms with E-state index in [1.807, 2.05) is 31.5 Å². The lowest BCUT2D eigenvalue weighted by Crippen LogP contribution is -2.72. The summed E-state index contributed by atoms with van der Waals surface area (Å²) in [6.07, 6.45) is 8.49. The van der Waals surface area contributed by atoms with Crippen molar-refractivity contribution in [2.75, 3.05) is 31.8 Å². The zero-order valence-corrected chi connectivity index (χ0v) is 26.5. The van der Waals surface area contributed by atoms with Crippen LogP contribution in [0.25, 0.3) is 10.8 Å².